The number of benzene rings is 2. The van der Waals surface area contributed by atoms with Gasteiger partial charge in [0.1, 0.15) is 0 Å². The molecule has 0 atom stereocenters. The van der Waals surface area contributed by atoms with Crippen LogP contribution < -0.4 is 0 Å². The quantitative estimate of drug-likeness (QED) is 0.671. The van der Waals surface area contributed by atoms with Gasteiger partial charge >= 0.3 is 0 Å². The summed E-state index contributed by atoms with van der Waals surface area (Å²) in [6.07, 6.45) is 9.03. The standard InChI is InChI=1S/C19H16N2/c1-14-9-17-11-16(15-5-3-2-4-6-15)12-19(18(17)10-14)21-8-7-20-13-21/h2-8,10-13H,9H2,1H3. The third-order valence-corrected chi connectivity index (χ3v) is 3.99. The van der Waals surface area contributed by atoms with Gasteiger partial charge < -0.3 is 4.57 Å². The molecule has 0 aliphatic heterocycles. The Morgan fingerprint density at radius 2 is 1.90 bits per heavy atom. The molecule has 0 amide bonds. The maximum absolute atomic E-state index is 4.19. The van der Waals surface area contributed by atoms with Gasteiger partial charge in [0.05, 0.1) is 12.0 Å². The zero-order chi connectivity index (χ0) is 14.2. The Bertz CT molecular complexity index is 812. The summed E-state index contributed by atoms with van der Waals surface area (Å²) in [5.41, 5.74) is 7.87. The molecule has 0 saturated carbocycles. The largest absolute Gasteiger partial charge is 0.306 e. The summed E-state index contributed by atoms with van der Waals surface area (Å²) in [4.78, 5) is 4.19. The zero-order valence-electron chi connectivity index (χ0n) is 12.0. The lowest BCUT2D eigenvalue weighted by molar-refractivity contribution is 1.05. The second-order valence-corrected chi connectivity index (χ2v) is 5.57. The zero-order valence-corrected chi connectivity index (χ0v) is 12.0. The summed E-state index contributed by atoms with van der Waals surface area (Å²) in [7, 11) is 0. The average Bonchev–Trinajstić information content (AvgIpc) is 3.15. The van der Waals surface area contributed by atoms with Crippen LogP contribution in [0.15, 0.2) is 66.8 Å². The first kappa shape index (κ1) is 12.2. The van der Waals surface area contributed by atoms with Crippen LogP contribution in [0.25, 0.3) is 22.9 Å². The molecule has 0 fully saturated rings. The SMILES string of the molecule is CC1=Cc2c(cc(-c3ccccc3)cc2-n2ccnc2)C1. The van der Waals surface area contributed by atoms with Crippen LogP contribution in [-0.4, -0.2) is 9.55 Å². The maximum Gasteiger partial charge on any atom is 0.0991 e. The summed E-state index contributed by atoms with van der Waals surface area (Å²) >= 11 is 0. The van der Waals surface area contributed by atoms with E-state index in [9.17, 15) is 0 Å². The summed E-state index contributed by atoms with van der Waals surface area (Å²) in [5, 5.41) is 0. The molecule has 0 bridgehead atoms. The Kier molecular flexibility index (Phi) is 2.74. The molecule has 4 rings (SSSR count). The van der Waals surface area contributed by atoms with Crippen LogP contribution in [0.5, 0.6) is 0 Å². The van der Waals surface area contributed by atoms with Crippen molar-refractivity contribution in [3.8, 4) is 16.8 Å². The molecule has 21 heavy (non-hydrogen) atoms. The first-order valence-electron chi connectivity index (χ1n) is 7.19. The van der Waals surface area contributed by atoms with Crippen molar-refractivity contribution in [1.29, 1.82) is 0 Å². The minimum Gasteiger partial charge on any atom is -0.306 e. The van der Waals surface area contributed by atoms with Crippen molar-refractivity contribution in [3.63, 3.8) is 0 Å². The highest BCUT2D eigenvalue weighted by Gasteiger charge is 2.16. The number of hydrogen-bond acceptors (Lipinski definition) is 1. The van der Waals surface area contributed by atoms with Gasteiger partial charge in [0.25, 0.3) is 0 Å². The lowest BCUT2D eigenvalue weighted by Gasteiger charge is -2.12. The smallest absolute Gasteiger partial charge is 0.0991 e. The van der Waals surface area contributed by atoms with Crippen molar-refractivity contribution in [2.24, 2.45) is 0 Å². The lowest BCUT2D eigenvalue weighted by atomic mass is 9.98. The highest BCUT2D eigenvalue weighted by atomic mass is 15.0. The van der Waals surface area contributed by atoms with E-state index < -0.39 is 0 Å². The Morgan fingerprint density at radius 3 is 2.67 bits per heavy atom. The van der Waals surface area contributed by atoms with Crippen molar-refractivity contribution >= 4 is 6.08 Å². The number of imidazole rings is 1. The van der Waals surface area contributed by atoms with Crippen LogP contribution in [0.3, 0.4) is 0 Å². The molecule has 3 aromatic rings. The molecular weight excluding hydrogens is 256 g/mol. The fraction of sp³-hybridized carbons (Fsp3) is 0.105. The van der Waals surface area contributed by atoms with E-state index in [1.54, 1.807) is 0 Å². The molecular formula is C19H16N2. The van der Waals surface area contributed by atoms with Gasteiger partial charge in [-0.25, -0.2) is 4.98 Å². The van der Waals surface area contributed by atoms with Gasteiger partial charge in [-0.2, -0.15) is 0 Å². The topological polar surface area (TPSA) is 17.8 Å². The van der Waals surface area contributed by atoms with Crippen LogP contribution in [0.4, 0.5) is 0 Å². The minimum atomic E-state index is 1.04. The van der Waals surface area contributed by atoms with E-state index in [0.29, 0.717) is 0 Å². The molecule has 0 radical (unpaired) electrons. The molecule has 0 N–H and O–H groups in total. The van der Waals surface area contributed by atoms with Gasteiger partial charge in [0.2, 0.25) is 0 Å². The van der Waals surface area contributed by atoms with E-state index in [-0.39, 0.29) is 0 Å². The summed E-state index contributed by atoms with van der Waals surface area (Å²) in [6.45, 7) is 2.19. The third kappa shape index (κ3) is 2.09. The first-order chi connectivity index (χ1) is 10.3. The van der Waals surface area contributed by atoms with E-state index >= 15 is 0 Å². The van der Waals surface area contributed by atoms with Crippen LogP contribution >= 0.6 is 0 Å². The van der Waals surface area contributed by atoms with Gasteiger partial charge in [-0.15, -0.1) is 0 Å². The van der Waals surface area contributed by atoms with Gasteiger partial charge in [0.15, 0.2) is 0 Å². The molecule has 1 aromatic heterocycles. The maximum atomic E-state index is 4.19. The number of allylic oxidation sites excluding steroid dienone is 1. The lowest BCUT2D eigenvalue weighted by Crippen LogP contribution is -1.97. The molecule has 1 heterocycles. The van der Waals surface area contributed by atoms with Gasteiger partial charge in [0, 0.05) is 18.0 Å². The van der Waals surface area contributed by atoms with E-state index in [0.717, 1.165) is 6.42 Å². The average molecular weight is 272 g/mol. The first-order valence-corrected chi connectivity index (χ1v) is 7.19. The van der Waals surface area contributed by atoms with E-state index in [1.165, 1.54) is 33.5 Å². The number of rotatable bonds is 2. The number of hydrogen-bond donors (Lipinski definition) is 0. The fourth-order valence-corrected chi connectivity index (χ4v) is 3.02. The van der Waals surface area contributed by atoms with E-state index in [1.807, 2.05) is 18.7 Å². The molecule has 2 aromatic carbocycles. The third-order valence-electron chi connectivity index (χ3n) is 3.99. The van der Waals surface area contributed by atoms with Crippen molar-refractivity contribution < 1.29 is 0 Å². The highest BCUT2D eigenvalue weighted by molar-refractivity contribution is 5.77. The normalized spacial score (nSPS) is 13.1. The van der Waals surface area contributed by atoms with Crippen LogP contribution in [0, 0.1) is 0 Å². The Labute approximate surface area is 124 Å². The van der Waals surface area contributed by atoms with Crippen LogP contribution in [0.2, 0.25) is 0 Å². The molecule has 102 valence electrons. The second kappa shape index (κ2) is 4.74. The number of fused-ring (bicyclic) bond motifs is 1. The van der Waals surface area contributed by atoms with E-state index in [4.69, 9.17) is 0 Å². The summed E-state index contributed by atoms with van der Waals surface area (Å²) < 4.78 is 2.10. The van der Waals surface area contributed by atoms with Crippen molar-refractivity contribution in [3.05, 3.63) is 77.9 Å². The van der Waals surface area contributed by atoms with Crippen molar-refractivity contribution in [2.75, 3.05) is 0 Å². The Morgan fingerprint density at radius 1 is 1.05 bits per heavy atom. The molecule has 0 saturated heterocycles. The van der Waals surface area contributed by atoms with Gasteiger partial charge in [-0.05, 0) is 36.1 Å². The highest BCUT2D eigenvalue weighted by Crippen LogP contribution is 2.34. The predicted octanol–water partition coefficient (Wildman–Crippen LogP) is 4.50. The summed E-state index contributed by atoms with van der Waals surface area (Å²) in [6, 6.07) is 15.1. The Hall–Kier alpha value is -2.61. The second-order valence-electron chi connectivity index (χ2n) is 5.57. The van der Waals surface area contributed by atoms with Crippen LogP contribution in [0.1, 0.15) is 18.1 Å². The van der Waals surface area contributed by atoms with Gasteiger partial charge in [-0.1, -0.05) is 48.0 Å². The fourth-order valence-electron chi connectivity index (χ4n) is 3.02. The summed E-state index contributed by atoms with van der Waals surface area (Å²) in [5.74, 6) is 0. The van der Waals surface area contributed by atoms with Crippen molar-refractivity contribution in [1.82, 2.24) is 9.55 Å². The monoisotopic (exact) mass is 272 g/mol. The molecule has 1 aliphatic carbocycles. The molecule has 2 nitrogen and oxygen atoms in total. The number of aromatic nitrogens is 2. The molecule has 2 heteroatoms. The van der Waals surface area contributed by atoms with E-state index in [2.05, 4.69) is 65.0 Å². The Balaban J connectivity index is 1.94. The van der Waals surface area contributed by atoms with Crippen LogP contribution in [-0.2, 0) is 6.42 Å². The van der Waals surface area contributed by atoms with Gasteiger partial charge in [-0.3, -0.25) is 0 Å². The van der Waals surface area contributed by atoms with Crippen molar-refractivity contribution in [2.45, 2.75) is 13.3 Å². The molecule has 0 spiro atoms. The molecule has 0 unspecified atom stereocenters. The molecule has 1 aliphatic rings. The minimum absolute atomic E-state index is 1.04. The number of nitrogens with zero attached hydrogens (tertiary/aromatic N) is 2. The predicted molar refractivity (Wildman–Crippen MR) is 86.4 cm³/mol.